The van der Waals surface area contributed by atoms with Crippen molar-refractivity contribution in [1.29, 1.82) is 0 Å². The van der Waals surface area contributed by atoms with E-state index >= 15 is 0 Å². The lowest BCUT2D eigenvalue weighted by Gasteiger charge is -2.17. The molecule has 0 aliphatic carbocycles. The smallest absolute Gasteiger partial charge is 0.450 e. The van der Waals surface area contributed by atoms with Gasteiger partial charge in [-0.3, -0.25) is 0 Å². The van der Waals surface area contributed by atoms with E-state index in [-0.39, 0.29) is 0 Å². The summed E-state index contributed by atoms with van der Waals surface area (Å²) < 4.78 is 4.42. The predicted octanol–water partition coefficient (Wildman–Crippen LogP) is 2.58. The van der Waals surface area contributed by atoms with Gasteiger partial charge in [0, 0.05) is 0 Å². The summed E-state index contributed by atoms with van der Waals surface area (Å²) in [6.07, 6.45) is 3.06. The highest BCUT2D eigenvalue weighted by Crippen LogP contribution is 2.02. The van der Waals surface area contributed by atoms with E-state index in [4.69, 9.17) is 5.11 Å². The third-order valence-corrected chi connectivity index (χ3v) is 2.49. The van der Waals surface area contributed by atoms with Crippen LogP contribution in [-0.4, -0.2) is 42.4 Å². The third kappa shape index (κ3) is 9.53. The van der Waals surface area contributed by atoms with Crippen LogP contribution >= 0.6 is 0 Å². The molecule has 4 heteroatoms. The summed E-state index contributed by atoms with van der Waals surface area (Å²) >= 11 is 0. The Bertz CT molecular complexity index is 158. The fourth-order valence-corrected chi connectivity index (χ4v) is 1.49. The SMILES string of the molecule is CCN(CC)CCCCCCOC(=O)O. The van der Waals surface area contributed by atoms with E-state index in [1.165, 1.54) is 6.42 Å². The average molecular weight is 217 g/mol. The molecule has 0 heterocycles. The fourth-order valence-electron chi connectivity index (χ4n) is 1.49. The summed E-state index contributed by atoms with van der Waals surface area (Å²) in [6, 6.07) is 0. The van der Waals surface area contributed by atoms with Gasteiger partial charge in [-0.1, -0.05) is 26.7 Å². The normalized spacial score (nSPS) is 10.6. The maximum absolute atomic E-state index is 10.0. The molecule has 0 atom stereocenters. The van der Waals surface area contributed by atoms with Crippen molar-refractivity contribution in [2.75, 3.05) is 26.2 Å². The van der Waals surface area contributed by atoms with Gasteiger partial charge in [-0.05, 0) is 32.5 Å². The van der Waals surface area contributed by atoms with E-state index in [2.05, 4.69) is 23.5 Å². The summed E-state index contributed by atoms with van der Waals surface area (Å²) in [4.78, 5) is 12.4. The van der Waals surface area contributed by atoms with Crippen LogP contribution in [0.25, 0.3) is 0 Å². The monoisotopic (exact) mass is 217 g/mol. The van der Waals surface area contributed by atoms with Gasteiger partial charge in [-0.2, -0.15) is 0 Å². The second-order valence-corrected chi connectivity index (χ2v) is 3.56. The molecule has 0 radical (unpaired) electrons. The molecular weight excluding hydrogens is 194 g/mol. The number of hydrogen-bond acceptors (Lipinski definition) is 3. The number of nitrogens with zero attached hydrogens (tertiary/aromatic N) is 1. The van der Waals surface area contributed by atoms with Crippen LogP contribution in [0.4, 0.5) is 4.79 Å². The van der Waals surface area contributed by atoms with Crippen molar-refractivity contribution in [3.63, 3.8) is 0 Å². The van der Waals surface area contributed by atoms with Gasteiger partial charge in [0.15, 0.2) is 0 Å². The molecule has 0 amide bonds. The molecule has 0 bridgehead atoms. The minimum atomic E-state index is -1.17. The summed E-state index contributed by atoms with van der Waals surface area (Å²) in [5.74, 6) is 0. The lowest BCUT2D eigenvalue weighted by Crippen LogP contribution is -2.23. The molecule has 4 nitrogen and oxygen atoms in total. The van der Waals surface area contributed by atoms with Crippen LogP contribution in [0.3, 0.4) is 0 Å². The minimum absolute atomic E-state index is 0.334. The molecule has 0 aliphatic heterocycles. The zero-order valence-electron chi connectivity index (χ0n) is 9.87. The molecular formula is C11H23NO3. The second-order valence-electron chi connectivity index (χ2n) is 3.56. The Morgan fingerprint density at radius 1 is 1.13 bits per heavy atom. The van der Waals surface area contributed by atoms with Crippen LogP contribution in [0.2, 0.25) is 0 Å². The molecule has 0 aromatic rings. The van der Waals surface area contributed by atoms with E-state index in [1.807, 2.05) is 0 Å². The summed E-state index contributed by atoms with van der Waals surface area (Å²) in [7, 11) is 0. The number of carboxylic acid groups (broad SMARTS) is 1. The highest BCUT2D eigenvalue weighted by molar-refractivity contribution is 5.56. The van der Waals surface area contributed by atoms with Crippen LogP contribution < -0.4 is 0 Å². The Kier molecular flexibility index (Phi) is 9.27. The van der Waals surface area contributed by atoms with E-state index in [9.17, 15) is 4.79 Å². The summed E-state index contributed by atoms with van der Waals surface area (Å²) in [5.41, 5.74) is 0. The maximum Gasteiger partial charge on any atom is 0.505 e. The van der Waals surface area contributed by atoms with Crippen LogP contribution in [0.5, 0.6) is 0 Å². The Morgan fingerprint density at radius 2 is 1.73 bits per heavy atom. The molecule has 0 aromatic carbocycles. The Hall–Kier alpha value is -0.770. The molecule has 0 saturated heterocycles. The zero-order valence-corrected chi connectivity index (χ0v) is 9.87. The van der Waals surface area contributed by atoms with Gasteiger partial charge < -0.3 is 14.7 Å². The van der Waals surface area contributed by atoms with Gasteiger partial charge >= 0.3 is 6.16 Å². The van der Waals surface area contributed by atoms with Gasteiger partial charge in [0.1, 0.15) is 0 Å². The van der Waals surface area contributed by atoms with E-state index in [0.29, 0.717) is 6.61 Å². The molecule has 90 valence electrons. The van der Waals surface area contributed by atoms with Gasteiger partial charge in [0.2, 0.25) is 0 Å². The number of carbonyl (C=O) groups is 1. The highest BCUT2D eigenvalue weighted by Gasteiger charge is 1.99. The van der Waals surface area contributed by atoms with Crippen molar-refractivity contribution in [3.05, 3.63) is 0 Å². The van der Waals surface area contributed by atoms with Crippen LogP contribution in [0, 0.1) is 0 Å². The Morgan fingerprint density at radius 3 is 2.27 bits per heavy atom. The highest BCUT2D eigenvalue weighted by atomic mass is 16.7. The minimum Gasteiger partial charge on any atom is -0.450 e. The largest absolute Gasteiger partial charge is 0.505 e. The number of unbranched alkanes of at least 4 members (excludes halogenated alkanes) is 3. The quantitative estimate of drug-likeness (QED) is 0.476. The molecule has 0 rings (SSSR count). The van der Waals surface area contributed by atoms with Gasteiger partial charge in [0.25, 0.3) is 0 Å². The first-order valence-corrected chi connectivity index (χ1v) is 5.78. The van der Waals surface area contributed by atoms with Gasteiger partial charge in [-0.15, -0.1) is 0 Å². The molecule has 0 aromatic heterocycles. The molecule has 0 spiro atoms. The van der Waals surface area contributed by atoms with Crippen molar-refractivity contribution >= 4 is 6.16 Å². The van der Waals surface area contributed by atoms with Crippen LogP contribution in [0.15, 0.2) is 0 Å². The molecule has 0 aliphatic rings. The first kappa shape index (κ1) is 14.2. The number of rotatable bonds is 9. The van der Waals surface area contributed by atoms with Crippen molar-refractivity contribution in [2.45, 2.75) is 39.5 Å². The lowest BCUT2D eigenvalue weighted by molar-refractivity contribution is 0.0899. The topological polar surface area (TPSA) is 49.8 Å². The van der Waals surface area contributed by atoms with Crippen molar-refractivity contribution in [3.8, 4) is 0 Å². The number of hydrogen-bond donors (Lipinski definition) is 1. The average Bonchev–Trinajstić information content (AvgIpc) is 2.22. The molecule has 1 N–H and O–H groups in total. The first-order valence-electron chi connectivity index (χ1n) is 5.78. The standard InChI is InChI=1S/C11H23NO3/c1-3-12(4-2)9-7-5-6-8-10-15-11(13)14/h3-10H2,1-2H3,(H,13,14). The zero-order chi connectivity index (χ0) is 11.5. The third-order valence-electron chi connectivity index (χ3n) is 2.49. The van der Waals surface area contributed by atoms with Crippen molar-refractivity contribution in [1.82, 2.24) is 4.90 Å². The first-order chi connectivity index (χ1) is 7.20. The van der Waals surface area contributed by atoms with Crippen LogP contribution in [0.1, 0.15) is 39.5 Å². The molecule has 15 heavy (non-hydrogen) atoms. The van der Waals surface area contributed by atoms with E-state index < -0.39 is 6.16 Å². The Labute approximate surface area is 92.2 Å². The molecule has 0 fully saturated rings. The summed E-state index contributed by atoms with van der Waals surface area (Å²) in [5, 5.41) is 8.22. The van der Waals surface area contributed by atoms with Crippen molar-refractivity contribution in [2.24, 2.45) is 0 Å². The van der Waals surface area contributed by atoms with E-state index in [0.717, 1.165) is 38.9 Å². The predicted molar refractivity (Wildman–Crippen MR) is 60.2 cm³/mol. The lowest BCUT2D eigenvalue weighted by atomic mass is 10.2. The van der Waals surface area contributed by atoms with Gasteiger partial charge in [-0.25, -0.2) is 4.79 Å². The second kappa shape index (κ2) is 9.77. The maximum atomic E-state index is 10.0. The number of ether oxygens (including phenoxy) is 1. The molecule has 0 saturated carbocycles. The molecule has 0 unspecified atom stereocenters. The van der Waals surface area contributed by atoms with Crippen LogP contribution in [-0.2, 0) is 4.74 Å². The van der Waals surface area contributed by atoms with Crippen molar-refractivity contribution < 1.29 is 14.6 Å². The van der Waals surface area contributed by atoms with Gasteiger partial charge in [0.05, 0.1) is 6.61 Å². The Balaban J connectivity index is 3.14. The summed E-state index contributed by atoms with van der Waals surface area (Å²) in [6.45, 7) is 8.04. The van der Waals surface area contributed by atoms with E-state index in [1.54, 1.807) is 0 Å². The fraction of sp³-hybridized carbons (Fsp3) is 0.909.